The molecule has 0 N–H and O–H groups in total. The molecule has 0 aliphatic heterocycles. The van der Waals surface area contributed by atoms with Crippen LogP contribution in [0.5, 0.6) is 0 Å². The van der Waals surface area contributed by atoms with Crippen LogP contribution in [0, 0.1) is 28.4 Å². The molecule has 0 heterocycles. The van der Waals surface area contributed by atoms with Crippen LogP contribution in [-0.2, 0) is 6.54 Å². The van der Waals surface area contributed by atoms with Crippen molar-refractivity contribution in [1.82, 2.24) is 9.80 Å². The summed E-state index contributed by atoms with van der Waals surface area (Å²) >= 11 is 0. The Morgan fingerprint density at radius 2 is 1.93 bits per heavy atom. The molecular weight excluding hydrogens is 344 g/mol. The molecule has 0 fully saturated rings. The van der Waals surface area contributed by atoms with Crippen LogP contribution in [0.2, 0.25) is 0 Å². The molecule has 0 aromatic heterocycles. The molecule has 7 heteroatoms. The Morgan fingerprint density at radius 3 is 2.56 bits per heavy atom. The summed E-state index contributed by atoms with van der Waals surface area (Å²) in [5.41, 5.74) is 2.26. The van der Waals surface area contributed by atoms with Gasteiger partial charge in [-0.2, -0.15) is 5.26 Å². The number of aryl methyl sites for hydroxylation is 1. The first-order valence-electron chi connectivity index (χ1n) is 8.50. The lowest BCUT2D eigenvalue weighted by Gasteiger charge is -2.25. The molecule has 0 unspecified atom stereocenters. The van der Waals surface area contributed by atoms with Gasteiger partial charge in [-0.15, -0.1) is 0 Å². The van der Waals surface area contributed by atoms with Crippen LogP contribution < -0.4 is 0 Å². The molecule has 0 saturated carbocycles. The minimum Gasteiger partial charge on any atom is -0.333 e. The summed E-state index contributed by atoms with van der Waals surface area (Å²) in [5, 5.41) is 20.2. The van der Waals surface area contributed by atoms with E-state index >= 15 is 0 Å². The number of hydrogen-bond donors (Lipinski definition) is 0. The van der Waals surface area contributed by atoms with Crippen molar-refractivity contribution >= 4 is 11.6 Å². The molecule has 0 saturated heterocycles. The van der Waals surface area contributed by atoms with E-state index in [9.17, 15) is 14.9 Å². The predicted octanol–water partition coefficient (Wildman–Crippen LogP) is 2.98. The highest BCUT2D eigenvalue weighted by atomic mass is 16.6. The Bertz CT molecular complexity index is 887. The van der Waals surface area contributed by atoms with Crippen LogP contribution in [0.1, 0.15) is 27.0 Å². The SMILES string of the molecule is Cc1ccc([N+](=O)[O-])cc1C(=O)N(CCN(C)C)Cc1cccc(C#N)c1. The minimum absolute atomic E-state index is 0.108. The monoisotopic (exact) mass is 366 g/mol. The summed E-state index contributed by atoms with van der Waals surface area (Å²) in [6.45, 7) is 3.20. The van der Waals surface area contributed by atoms with Gasteiger partial charge in [-0.05, 0) is 44.3 Å². The number of amides is 1. The smallest absolute Gasteiger partial charge is 0.270 e. The van der Waals surface area contributed by atoms with Gasteiger partial charge < -0.3 is 9.80 Å². The van der Waals surface area contributed by atoms with Crippen LogP contribution >= 0.6 is 0 Å². The maximum Gasteiger partial charge on any atom is 0.270 e. The van der Waals surface area contributed by atoms with Crippen molar-refractivity contribution in [3.63, 3.8) is 0 Å². The van der Waals surface area contributed by atoms with Gasteiger partial charge in [0.1, 0.15) is 0 Å². The maximum atomic E-state index is 13.1. The molecule has 0 spiro atoms. The fraction of sp³-hybridized carbons (Fsp3) is 0.300. The first-order chi connectivity index (χ1) is 12.8. The van der Waals surface area contributed by atoms with Crippen molar-refractivity contribution in [3.8, 4) is 6.07 Å². The molecule has 0 atom stereocenters. The van der Waals surface area contributed by atoms with Crippen LogP contribution in [0.3, 0.4) is 0 Å². The summed E-state index contributed by atoms with van der Waals surface area (Å²) in [7, 11) is 3.83. The molecule has 0 aliphatic carbocycles. The topological polar surface area (TPSA) is 90.5 Å². The van der Waals surface area contributed by atoms with E-state index in [0.717, 1.165) is 5.56 Å². The fourth-order valence-electron chi connectivity index (χ4n) is 2.66. The molecule has 0 bridgehead atoms. The third-order valence-electron chi connectivity index (χ3n) is 4.20. The van der Waals surface area contributed by atoms with E-state index < -0.39 is 4.92 Å². The highest BCUT2D eigenvalue weighted by Gasteiger charge is 2.21. The van der Waals surface area contributed by atoms with Gasteiger partial charge >= 0.3 is 0 Å². The van der Waals surface area contributed by atoms with Gasteiger partial charge in [0.25, 0.3) is 11.6 Å². The van der Waals surface area contributed by atoms with Crippen LogP contribution in [-0.4, -0.2) is 47.8 Å². The van der Waals surface area contributed by atoms with Gasteiger partial charge in [-0.3, -0.25) is 14.9 Å². The van der Waals surface area contributed by atoms with E-state index in [1.807, 2.05) is 25.1 Å². The average Bonchev–Trinajstić information content (AvgIpc) is 2.64. The van der Waals surface area contributed by atoms with E-state index in [1.165, 1.54) is 12.1 Å². The van der Waals surface area contributed by atoms with Crippen molar-refractivity contribution in [2.45, 2.75) is 13.5 Å². The molecule has 7 nitrogen and oxygen atoms in total. The van der Waals surface area contributed by atoms with Crippen molar-refractivity contribution < 1.29 is 9.72 Å². The lowest BCUT2D eigenvalue weighted by atomic mass is 10.1. The molecule has 0 aliphatic rings. The first-order valence-corrected chi connectivity index (χ1v) is 8.50. The number of likely N-dealkylation sites (N-methyl/N-ethyl adjacent to an activating group) is 1. The number of rotatable bonds is 7. The van der Waals surface area contributed by atoms with Crippen molar-refractivity contribution in [3.05, 3.63) is 74.8 Å². The van der Waals surface area contributed by atoms with Gasteiger partial charge in [0.15, 0.2) is 0 Å². The number of non-ortho nitro benzene ring substituents is 1. The van der Waals surface area contributed by atoms with E-state index in [1.54, 1.807) is 36.1 Å². The van der Waals surface area contributed by atoms with Gasteiger partial charge in [0.2, 0.25) is 0 Å². The summed E-state index contributed by atoms with van der Waals surface area (Å²) in [6.07, 6.45) is 0. The van der Waals surface area contributed by atoms with Crippen molar-refractivity contribution in [1.29, 1.82) is 5.26 Å². The fourth-order valence-corrected chi connectivity index (χ4v) is 2.66. The molecule has 140 valence electrons. The molecule has 2 rings (SSSR count). The second-order valence-corrected chi connectivity index (χ2v) is 6.60. The molecular formula is C20H22N4O3. The van der Waals surface area contributed by atoms with Crippen molar-refractivity contribution in [2.24, 2.45) is 0 Å². The second kappa shape index (κ2) is 8.92. The van der Waals surface area contributed by atoms with Gasteiger partial charge in [-0.1, -0.05) is 18.2 Å². The van der Waals surface area contributed by atoms with Gasteiger partial charge in [0.05, 0.1) is 16.6 Å². The minimum atomic E-state index is -0.503. The average molecular weight is 366 g/mol. The Labute approximate surface area is 158 Å². The number of nitro benzene ring substituents is 1. The first kappa shape index (κ1) is 20.1. The third kappa shape index (κ3) is 5.36. The van der Waals surface area contributed by atoms with Crippen LogP contribution in [0.4, 0.5) is 5.69 Å². The molecule has 2 aromatic carbocycles. The van der Waals surface area contributed by atoms with E-state index in [2.05, 4.69) is 6.07 Å². The van der Waals surface area contributed by atoms with E-state index in [-0.39, 0.29) is 11.6 Å². The number of nitrogens with zero attached hydrogens (tertiary/aromatic N) is 4. The highest BCUT2D eigenvalue weighted by molar-refractivity contribution is 5.96. The Morgan fingerprint density at radius 1 is 1.19 bits per heavy atom. The Balaban J connectivity index is 2.35. The summed E-state index contributed by atoms with van der Waals surface area (Å²) in [5.74, 6) is -0.264. The van der Waals surface area contributed by atoms with E-state index in [0.29, 0.717) is 36.3 Å². The number of nitro groups is 1. The summed E-state index contributed by atoms with van der Waals surface area (Å²) in [4.78, 5) is 27.3. The van der Waals surface area contributed by atoms with Crippen molar-refractivity contribution in [2.75, 3.05) is 27.2 Å². The standard InChI is InChI=1S/C20H22N4O3/c1-15-7-8-18(24(26)27)12-19(15)20(25)23(10-9-22(2)3)14-17-6-4-5-16(11-17)13-21/h4-8,11-12H,9-10,14H2,1-3H3. The van der Waals surface area contributed by atoms with Crippen LogP contribution in [0.15, 0.2) is 42.5 Å². The molecule has 0 radical (unpaired) electrons. The highest BCUT2D eigenvalue weighted by Crippen LogP contribution is 2.20. The summed E-state index contributed by atoms with van der Waals surface area (Å²) < 4.78 is 0. The van der Waals surface area contributed by atoms with Gasteiger partial charge in [0, 0.05) is 37.3 Å². The number of carbonyl (C=O) groups excluding carboxylic acids is 1. The zero-order valence-corrected chi connectivity index (χ0v) is 15.7. The maximum absolute atomic E-state index is 13.1. The normalized spacial score (nSPS) is 10.5. The largest absolute Gasteiger partial charge is 0.333 e. The quantitative estimate of drug-likeness (QED) is 0.555. The lowest BCUT2D eigenvalue weighted by Crippen LogP contribution is -2.36. The third-order valence-corrected chi connectivity index (χ3v) is 4.20. The predicted molar refractivity (Wildman–Crippen MR) is 102 cm³/mol. The Hall–Kier alpha value is -3.24. The molecule has 1 amide bonds. The number of nitriles is 1. The second-order valence-electron chi connectivity index (χ2n) is 6.60. The zero-order valence-electron chi connectivity index (χ0n) is 15.7. The number of benzene rings is 2. The lowest BCUT2D eigenvalue weighted by molar-refractivity contribution is -0.384. The van der Waals surface area contributed by atoms with E-state index in [4.69, 9.17) is 5.26 Å². The molecule has 27 heavy (non-hydrogen) atoms. The number of carbonyl (C=O) groups is 1. The van der Waals surface area contributed by atoms with Crippen LogP contribution in [0.25, 0.3) is 0 Å². The number of hydrogen-bond acceptors (Lipinski definition) is 5. The zero-order chi connectivity index (χ0) is 20.0. The molecule has 2 aromatic rings. The van der Waals surface area contributed by atoms with Gasteiger partial charge in [-0.25, -0.2) is 0 Å². The Kier molecular flexibility index (Phi) is 6.63. The summed E-state index contributed by atoms with van der Waals surface area (Å²) in [6, 6.07) is 13.5.